The van der Waals surface area contributed by atoms with E-state index < -0.39 is 0 Å². The molecule has 3 nitrogen and oxygen atoms in total. The summed E-state index contributed by atoms with van der Waals surface area (Å²) in [6.07, 6.45) is 7.32. The highest BCUT2D eigenvalue weighted by Gasteiger charge is 2.26. The van der Waals surface area contributed by atoms with E-state index in [0.29, 0.717) is 18.2 Å². The normalized spacial score (nSPS) is 20.7. The predicted octanol–water partition coefficient (Wildman–Crippen LogP) is 5.06. The number of piperidine rings is 2. The molecular formula is C22H44N2O. The Morgan fingerprint density at radius 1 is 0.840 bits per heavy atom. The Balaban J connectivity index is 0.00000151. The summed E-state index contributed by atoms with van der Waals surface area (Å²) < 4.78 is 0. The summed E-state index contributed by atoms with van der Waals surface area (Å²) in [6.45, 7) is 18.8. The molecule has 25 heavy (non-hydrogen) atoms. The van der Waals surface area contributed by atoms with Crippen molar-refractivity contribution in [2.24, 2.45) is 23.7 Å². The lowest BCUT2D eigenvalue weighted by Crippen LogP contribution is -2.43. The van der Waals surface area contributed by atoms with Crippen LogP contribution in [0, 0.1) is 23.7 Å². The molecule has 148 valence electrons. The Morgan fingerprint density at radius 3 is 1.84 bits per heavy atom. The van der Waals surface area contributed by atoms with E-state index >= 15 is 0 Å². The summed E-state index contributed by atoms with van der Waals surface area (Å²) >= 11 is 0. The quantitative estimate of drug-likeness (QED) is 0.667. The van der Waals surface area contributed by atoms with Crippen LogP contribution in [0.2, 0.25) is 0 Å². The monoisotopic (exact) mass is 352 g/mol. The molecule has 0 N–H and O–H groups in total. The second kappa shape index (κ2) is 11.9. The number of likely N-dealkylation sites (tertiary alicyclic amines) is 2. The maximum Gasteiger partial charge on any atom is 0.222 e. The van der Waals surface area contributed by atoms with E-state index in [1.807, 2.05) is 13.8 Å². The van der Waals surface area contributed by atoms with Gasteiger partial charge in [-0.25, -0.2) is 0 Å². The van der Waals surface area contributed by atoms with Crippen LogP contribution in [0.5, 0.6) is 0 Å². The highest BCUT2D eigenvalue weighted by atomic mass is 16.2. The molecule has 2 aliphatic rings. The van der Waals surface area contributed by atoms with E-state index in [1.165, 1.54) is 51.7 Å². The van der Waals surface area contributed by atoms with E-state index in [0.717, 1.165) is 30.8 Å². The van der Waals surface area contributed by atoms with Gasteiger partial charge in [-0.05, 0) is 68.9 Å². The lowest BCUT2D eigenvalue weighted by Gasteiger charge is -2.38. The SMILES string of the molecule is CC.CC(C)CC(=O)N1CCC(CN2CCC(CC(C)C)CC2)CC1. The molecule has 0 unspecified atom stereocenters. The highest BCUT2D eigenvalue weighted by molar-refractivity contribution is 5.76. The summed E-state index contributed by atoms with van der Waals surface area (Å²) in [5, 5.41) is 0. The maximum atomic E-state index is 12.1. The van der Waals surface area contributed by atoms with Crippen LogP contribution in [-0.4, -0.2) is 48.4 Å². The molecule has 1 amide bonds. The third-order valence-corrected chi connectivity index (χ3v) is 5.58. The van der Waals surface area contributed by atoms with Gasteiger partial charge in [-0.1, -0.05) is 41.5 Å². The highest BCUT2D eigenvalue weighted by Crippen LogP contribution is 2.26. The van der Waals surface area contributed by atoms with Gasteiger partial charge in [0.15, 0.2) is 0 Å². The fourth-order valence-corrected chi connectivity index (χ4v) is 4.28. The van der Waals surface area contributed by atoms with Gasteiger partial charge in [-0.3, -0.25) is 4.79 Å². The van der Waals surface area contributed by atoms with E-state index in [-0.39, 0.29) is 0 Å². The summed E-state index contributed by atoms with van der Waals surface area (Å²) in [4.78, 5) is 16.9. The lowest BCUT2D eigenvalue weighted by atomic mass is 9.87. The second-order valence-corrected chi connectivity index (χ2v) is 8.80. The average Bonchev–Trinajstić information content (AvgIpc) is 2.58. The van der Waals surface area contributed by atoms with Crippen molar-refractivity contribution in [1.82, 2.24) is 9.80 Å². The maximum absolute atomic E-state index is 12.1. The Bertz CT molecular complexity index is 351. The van der Waals surface area contributed by atoms with Crippen molar-refractivity contribution < 1.29 is 4.79 Å². The Labute approximate surface area is 157 Å². The van der Waals surface area contributed by atoms with Gasteiger partial charge in [0, 0.05) is 26.1 Å². The number of carbonyl (C=O) groups is 1. The first-order valence-corrected chi connectivity index (χ1v) is 10.9. The molecule has 0 aromatic carbocycles. The largest absolute Gasteiger partial charge is 0.343 e. The van der Waals surface area contributed by atoms with E-state index in [9.17, 15) is 4.79 Å². The molecular weight excluding hydrogens is 308 g/mol. The number of nitrogens with zero attached hydrogens (tertiary/aromatic N) is 2. The van der Waals surface area contributed by atoms with Crippen molar-refractivity contribution in [3.05, 3.63) is 0 Å². The topological polar surface area (TPSA) is 23.6 Å². The molecule has 0 atom stereocenters. The smallest absolute Gasteiger partial charge is 0.222 e. The van der Waals surface area contributed by atoms with Crippen LogP contribution in [0.25, 0.3) is 0 Å². The van der Waals surface area contributed by atoms with Gasteiger partial charge in [0.1, 0.15) is 0 Å². The Kier molecular flexibility index (Phi) is 10.7. The minimum atomic E-state index is 0.368. The van der Waals surface area contributed by atoms with Crippen molar-refractivity contribution in [2.75, 3.05) is 32.7 Å². The first-order valence-electron chi connectivity index (χ1n) is 10.9. The average molecular weight is 353 g/mol. The van der Waals surface area contributed by atoms with Gasteiger partial charge in [0.05, 0.1) is 0 Å². The molecule has 0 aromatic heterocycles. The fourth-order valence-electron chi connectivity index (χ4n) is 4.28. The molecule has 2 heterocycles. The molecule has 2 rings (SSSR count). The molecule has 0 aliphatic carbocycles. The summed E-state index contributed by atoms with van der Waals surface area (Å²) in [6, 6.07) is 0. The van der Waals surface area contributed by atoms with Crippen LogP contribution in [-0.2, 0) is 4.79 Å². The zero-order valence-electron chi connectivity index (χ0n) is 17.9. The summed E-state index contributed by atoms with van der Waals surface area (Å²) in [5.74, 6) is 3.46. The van der Waals surface area contributed by atoms with E-state index in [1.54, 1.807) is 0 Å². The third-order valence-electron chi connectivity index (χ3n) is 5.58. The summed E-state index contributed by atoms with van der Waals surface area (Å²) in [7, 11) is 0. The molecule has 3 heteroatoms. The summed E-state index contributed by atoms with van der Waals surface area (Å²) in [5.41, 5.74) is 0. The van der Waals surface area contributed by atoms with Gasteiger partial charge < -0.3 is 9.80 Å². The first kappa shape index (κ1) is 22.5. The molecule has 0 spiro atoms. The van der Waals surface area contributed by atoms with E-state index in [4.69, 9.17) is 0 Å². The van der Waals surface area contributed by atoms with Crippen LogP contribution in [0.15, 0.2) is 0 Å². The number of carbonyl (C=O) groups excluding carboxylic acids is 1. The van der Waals surface area contributed by atoms with Gasteiger partial charge in [-0.2, -0.15) is 0 Å². The molecule has 0 saturated carbocycles. The minimum absolute atomic E-state index is 0.368. The standard InChI is InChI=1S/C20H38N2O.C2H6/c1-16(2)13-18-5-9-21(10-6-18)15-19-7-11-22(12-8-19)20(23)14-17(3)4;1-2/h16-19H,5-15H2,1-4H3;1-2H3. The molecule has 2 aliphatic heterocycles. The van der Waals surface area contributed by atoms with E-state index in [2.05, 4.69) is 37.5 Å². The molecule has 2 fully saturated rings. The lowest BCUT2D eigenvalue weighted by molar-refractivity contribution is -0.133. The van der Waals surface area contributed by atoms with Gasteiger partial charge in [0.2, 0.25) is 5.91 Å². The van der Waals surface area contributed by atoms with Crippen molar-refractivity contribution in [2.45, 2.75) is 80.1 Å². The predicted molar refractivity (Wildman–Crippen MR) is 109 cm³/mol. The van der Waals surface area contributed by atoms with Crippen LogP contribution >= 0.6 is 0 Å². The number of hydrogen-bond acceptors (Lipinski definition) is 2. The van der Waals surface area contributed by atoms with Crippen molar-refractivity contribution in [3.8, 4) is 0 Å². The van der Waals surface area contributed by atoms with Gasteiger partial charge in [-0.15, -0.1) is 0 Å². The molecule has 0 bridgehead atoms. The second-order valence-electron chi connectivity index (χ2n) is 8.80. The molecule has 0 radical (unpaired) electrons. The zero-order valence-corrected chi connectivity index (χ0v) is 17.9. The fraction of sp³-hybridized carbons (Fsp3) is 0.955. The van der Waals surface area contributed by atoms with Gasteiger partial charge in [0.25, 0.3) is 0 Å². The Morgan fingerprint density at radius 2 is 1.36 bits per heavy atom. The minimum Gasteiger partial charge on any atom is -0.343 e. The number of rotatable bonds is 6. The number of amides is 1. The first-order chi connectivity index (χ1) is 11.9. The molecule has 2 saturated heterocycles. The van der Waals surface area contributed by atoms with Crippen LogP contribution in [0.3, 0.4) is 0 Å². The molecule has 0 aromatic rings. The van der Waals surface area contributed by atoms with Crippen LogP contribution < -0.4 is 0 Å². The van der Waals surface area contributed by atoms with Crippen molar-refractivity contribution in [1.29, 1.82) is 0 Å². The van der Waals surface area contributed by atoms with Gasteiger partial charge >= 0.3 is 0 Å². The van der Waals surface area contributed by atoms with Crippen LogP contribution in [0.4, 0.5) is 0 Å². The van der Waals surface area contributed by atoms with Crippen molar-refractivity contribution in [3.63, 3.8) is 0 Å². The third kappa shape index (κ3) is 8.57. The van der Waals surface area contributed by atoms with Crippen molar-refractivity contribution >= 4 is 5.91 Å². The number of hydrogen-bond donors (Lipinski definition) is 0. The van der Waals surface area contributed by atoms with Crippen LogP contribution in [0.1, 0.15) is 80.1 Å². The Hall–Kier alpha value is -0.570. The zero-order chi connectivity index (χ0) is 18.8.